The first-order valence-corrected chi connectivity index (χ1v) is 8.64. The van der Waals surface area contributed by atoms with Crippen molar-refractivity contribution in [2.75, 3.05) is 6.54 Å². The number of carbonyl (C=O) groups excluding carboxylic acids is 1. The Kier molecular flexibility index (Phi) is 4.16. The molecule has 2 aromatic carbocycles. The van der Waals surface area contributed by atoms with Gasteiger partial charge in [0.2, 0.25) is 0 Å². The van der Waals surface area contributed by atoms with Crippen LogP contribution in [0.25, 0.3) is 0 Å². The first kappa shape index (κ1) is 16.3. The first-order chi connectivity index (χ1) is 12.6. The molecule has 1 aliphatic heterocycles. The van der Waals surface area contributed by atoms with E-state index >= 15 is 0 Å². The number of rotatable bonds is 3. The Balaban J connectivity index is 1.64. The number of phenolic OH excluding ortho intramolecular Hbond substituents is 1. The summed E-state index contributed by atoms with van der Waals surface area (Å²) < 4.78 is 2.14. The van der Waals surface area contributed by atoms with E-state index in [0.29, 0.717) is 18.7 Å². The van der Waals surface area contributed by atoms with Crippen LogP contribution in [0.1, 0.15) is 33.6 Å². The van der Waals surface area contributed by atoms with Crippen LogP contribution >= 0.6 is 0 Å². The quantitative estimate of drug-likeness (QED) is 0.790. The lowest BCUT2D eigenvalue weighted by atomic mass is 10.0. The van der Waals surface area contributed by atoms with Crippen LogP contribution in [-0.2, 0) is 13.0 Å². The molecule has 0 saturated heterocycles. The minimum Gasteiger partial charge on any atom is -0.508 e. The van der Waals surface area contributed by atoms with E-state index in [4.69, 9.17) is 0 Å². The molecular formula is C20H20N4O2. The van der Waals surface area contributed by atoms with Crippen molar-refractivity contribution in [3.8, 4) is 5.75 Å². The van der Waals surface area contributed by atoms with Gasteiger partial charge in [0.1, 0.15) is 11.6 Å². The maximum absolute atomic E-state index is 12.9. The second-order valence-electron chi connectivity index (χ2n) is 6.61. The molecule has 0 fully saturated rings. The molecule has 1 aromatic heterocycles. The summed E-state index contributed by atoms with van der Waals surface area (Å²) >= 11 is 0. The third-order valence-electron chi connectivity index (χ3n) is 4.76. The number of phenols is 1. The van der Waals surface area contributed by atoms with Gasteiger partial charge in [0, 0.05) is 12.1 Å². The molecule has 4 rings (SSSR count). The molecule has 0 spiro atoms. The van der Waals surface area contributed by atoms with Crippen LogP contribution in [0.15, 0.2) is 54.6 Å². The summed E-state index contributed by atoms with van der Waals surface area (Å²) in [5, 5.41) is 18.1. The molecule has 0 bridgehead atoms. The predicted molar refractivity (Wildman–Crippen MR) is 96.8 cm³/mol. The normalized spacial score (nSPS) is 16.3. The number of aromatic nitrogens is 3. The molecule has 0 aliphatic carbocycles. The van der Waals surface area contributed by atoms with Gasteiger partial charge in [0.05, 0.1) is 12.6 Å². The SMILES string of the molecule is Cc1nnc2n1[C@H](Cc1ccccc1)CN(C(=O)c1cccc(O)c1)C2. The average Bonchev–Trinajstić information content (AvgIpc) is 3.03. The molecule has 1 atom stereocenters. The van der Waals surface area contributed by atoms with Gasteiger partial charge in [0.25, 0.3) is 5.91 Å². The van der Waals surface area contributed by atoms with E-state index in [1.54, 1.807) is 23.1 Å². The number of hydrogen-bond acceptors (Lipinski definition) is 4. The second-order valence-corrected chi connectivity index (χ2v) is 6.61. The number of aryl methyl sites for hydroxylation is 1. The van der Waals surface area contributed by atoms with Crippen molar-refractivity contribution in [3.63, 3.8) is 0 Å². The zero-order valence-corrected chi connectivity index (χ0v) is 14.5. The predicted octanol–water partition coefficient (Wildman–Crippen LogP) is 2.73. The summed E-state index contributed by atoms with van der Waals surface area (Å²) in [7, 11) is 0. The first-order valence-electron chi connectivity index (χ1n) is 8.64. The number of fused-ring (bicyclic) bond motifs is 1. The van der Waals surface area contributed by atoms with Gasteiger partial charge in [-0.1, -0.05) is 36.4 Å². The highest BCUT2D eigenvalue weighted by molar-refractivity contribution is 5.94. The van der Waals surface area contributed by atoms with Crippen LogP contribution in [0.5, 0.6) is 5.75 Å². The van der Waals surface area contributed by atoms with Gasteiger partial charge in [-0.05, 0) is 37.1 Å². The summed E-state index contributed by atoms with van der Waals surface area (Å²) in [6, 6.07) is 16.8. The fourth-order valence-corrected chi connectivity index (χ4v) is 3.59. The standard InChI is InChI=1S/C20H20N4O2/c1-14-21-22-19-13-23(20(26)16-8-5-9-18(25)11-16)12-17(24(14)19)10-15-6-3-2-4-7-15/h2-9,11,17,25H,10,12-13H2,1H3/t17-/m1/s1. The zero-order chi connectivity index (χ0) is 18.1. The topological polar surface area (TPSA) is 71.2 Å². The molecule has 6 nitrogen and oxygen atoms in total. The van der Waals surface area contributed by atoms with Gasteiger partial charge in [-0.2, -0.15) is 0 Å². The summed E-state index contributed by atoms with van der Waals surface area (Å²) in [6.07, 6.45) is 0.802. The highest BCUT2D eigenvalue weighted by Crippen LogP contribution is 2.26. The average molecular weight is 348 g/mol. The summed E-state index contributed by atoms with van der Waals surface area (Å²) in [4.78, 5) is 14.7. The second kappa shape index (κ2) is 6.63. The monoisotopic (exact) mass is 348 g/mol. The van der Waals surface area contributed by atoms with Crippen LogP contribution in [0, 0.1) is 6.92 Å². The molecule has 0 saturated carbocycles. The molecule has 2 heterocycles. The third-order valence-corrected chi connectivity index (χ3v) is 4.76. The van der Waals surface area contributed by atoms with Crippen molar-refractivity contribution in [1.29, 1.82) is 0 Å². The summed E-state index contributed by atoms with van der Waals surface area (Å²) in [5.74, 6) is 1.65. The minimum atomic E-state index is -0.106. The lowest BCUT2D eigenvalue weighted by molar-refractivity contribution is 0.0671. The van der Waals surface area contributed by atoms with Gasteiger partial charge in [-0.15, -0.1) is 10.2 Å². The Morgan fingerprint density at radius 3 is 2.73 bits per heavy atom. The van der Waals surface area contributed by atoms with E-state index in [1.165, 1.54) is 11.6 Å². The Morgan fingerprint density at radius 1 is 1.15 bits per heavy atom. The van der Waals surface area contributed by atoms with Gasteiger partial charge >= 0.3 is 0 Å². The molecule has 6 heteroatoms. The largest absolute Gasteiger partial charge is 0.508 e. The molecule has 26 heavy (non-hydrogen) atoms. The van der Waals surface area contributed by atoms with E-state index in [9.17, 15) is 9.90 Å². The number of aromatic hydroxyl groups is 1. The number of amides is 1. The molecule has 0 unspecified atom stereocenters. The Labute approximate surface area is 151 Å². The van der Waals surface area contributed by atoms with E-state index in [2.05, 4.69) is 26.9 Å². The maximum atomic E-state index is 12.9. The van der Waals surface area contributed by atoms with Gasteiger partial charge in [-0.25, -0.2) is 0 Å². The fraction of sp³-hybridized carbons (Fsp3) is 0.250. The molecule has 3 aromatic rings. The molecule has 1 amide bonds. The lowest BCUT2D eigenvalue weighted by Gasteiger charge is -2.34. The smallest absolute Gasteiger partial charge is 0.254 e. The third kappa shape index (κ3) is 3.06. The van der Waals surface area contributed by atoms with E-state index in [0.717, 1.165) is 18.1 Å². The van der Waals surface area contributed by atoms with Crippen LogP contribution in [-0.4, -0.2) is 37.2 Å². The van der Waals surface area contributed by atoms with Crippen molar-refractivity contribution < 1.29 is 9.90 Å². The van der Waals surface area contributed by atoms with Crippen molar-refractivity contribution in [2.45, 2.75) is 25.9 Å². The fourth-order valence-electron chi connectivity index (χ4n) is 3.59. The van der Waals surface area contributed by atoms with E-state index in [-0.39, 0.29) is 17.7 Å². The van der Waals surface area contributed by atoms with Crippen molar-refractivity contribution in [2.24, 2.45) is 0 Å². The molecule has 1 N–H and O–H groups in total. The Morgan fingerprint density at radius 2 is 1.96 bits per heavy atom. The number of benzene rings is 2. The Hall–Kier alpha value is -3.15. The Bertz CT molecular complexity index is 936. The maximum Gasteiger partial charge on any atom is 0.254 e. The number of carbonyl (C=O) groups is 1. The van der Waals surface area contributed by atoms with Crippen LogP contribution in [0.3, 0.4) is 0 Å². The van der Waals surface area contributed by atoms with Crippen molar-refractivity contribution in [1.82, 2.24) is 19.7 Å². The molecule has 132 valence electrons. The van der Waals surface area contributed by atoms with Crippen molar-refractivity contribution >= 4 is 5.91 Å². The van der Waals surface area contributed by atoms with Gasteiger partial charge in [0.15, 0.2) is 5.82 Å². The van der Waals surface area contributed by atoms with Gasteiger partial charge < -0.3 is 14.6 Å². The highest BCUT2D eigenvalue weighted by Gasteiger charge is 2.31. The summed E-state index contributed by atoms with van der Waals surface area (Å²) in [6.45, 7) is 2.94. The molecular weight excluding hydrogens is 328 g/mol. The van der Waals surface area contributed by atoms with Crippen LogP contribution in [0.2, 0.25) is 0 Å². The van der Waals surface area contributed by atoms with E-state index < -0.39 is 0 Å². The number of nitrogens with zero attached hydrogens (tertiary/aromatic N) is 4. The minimum absolute atomic E-state index is 0.0809. The van der Waals surface area contributed by atoms with Gasteiger partial charge in [-0.3, -0.25) is 4.79 Å². The van der Waals surface area contributed by atoms with Crippen molar-refractivity contribution in [3.05, 3.63) is 77.4 Å². The lowest BCUT2D eigenvalue weighted by Crippen LogP contribution is -2.42. The molecule has 0 radical (unpaired) electrons. The zero-order valence-electron chi connectivity index (χ0n) is 14.5. The highest BCUT2D eigenvalue weighted by atomic mass is 16.3. The van der Waals surface area contributed by atoms with E-state index in [1.807, 2.05) is 25.1 Å². The van der Waals surface area contributed by atoms with Crippen LogP contribution < -0.4 is 0 Å². The number of hydrogen-bond donors (Lipinski definition) is 1. The molecule has 1 aliphatic rings. The summed E-state index contributed by atoms with van der Waals surface area (Å²) in [5.41, 5.74) is 1.69. The van der Waals surface area contributed by atoms with Crippen LogP contribution in [0.4, 0.5) is 0 Å².